The first-order valence-corrected chi connectivity index (χ1v) is 10.2. The molecule has 2 aromatic carbocycles. The lowest BCUT2D eigenvalue weighted by atomic mass is 10.1. The quantitative estimate of drug-likeness (QED) is 0.750. The van der Waals surface area contributed by atoms with Crippen molar-refractivity contribution in [2.45, 2.75) is 24.7 Å². The monoisotopic (exact) mass is 385 g/mol. The number of carbonyl (C=O) groups excluding carboxylic acids is 1. The van der Waals surface area contributed by atoms with Gasteiger partial charge in [0, 0.05) is 18.7 Å². The number of hydrogen-bond acceptors (Lipinski definition) is 4. The Bertz CT molecular complexity index is 947. The molecule has 1 fully saturated rings. The topological polar surface area (TPSA) is 78.5 Å². The maximum atomic E-state index is 12.7. The Morgan fingerprint density at radius 3 is 2.33 bits per heavy atom. The average molecular weight is 385 g/mol. The molecule has 7 heteroatoms. The molecule has 0 aromatic heterocycles. The van der Waals surface area contributed by atoms with Crippen LogP contribution in [0.4, 0.5) is 0 Å². The van der Waals surface area contributed by atoms with E-state index in [0.717, 1.165) is 24.0 Å². The maximum Gasteiger partial charge on any atom is 0.269 e. The minimum absolute atomic E-state index is 0.134. The predicted octanol–water partition coefficient (Wildman–Crippen LogP) is 2.68. The molecule has 1 heterocycles. The molecule has 0 atom stereocenters. The van der Waals surface area contributed by atoms with Crippen LogP contribution in [0.2, 0.25) is 0 Å². The number of amides is 1. The highest BCUT2D eigenvalue weighted by atomic mass is 32.2. The number of nitrogens with zero attached hydrogens (tertiary/aromatic N) is 1. The SMILES string of the molecule is C=C(NNC(=O)c1cccc(S(=O)(=O)N2CCCC2)c1)c1ccc(C)cc1. The molecule has 1 amide bonds. The summed E-state index contributed by atoms with van der Waals surface area (Å²) in [7, 11) is -3.56. The fourth-order valence-corrected chi connectivity index (χ4v) is 4.47. The summed E-state index contributed by atoms with van der Waals surface area (Å²) >= 11 is 0. The van der Waals surface area contributed by atoms with E-state index in [0.29, 0.717) is 18.8 Å². The van der Waals surface area contributed by atoms with E-state index in [1.54, 1.807) is 12.1 Å². The number of sulfonamides is 1. The Morgan fingerprint density at radius 2 is 1.67 bits per heavy atom. The van der Waals surface area contributed by atoms with Crippen molar-refractivity contribution in [3.05, 3.63) is 71.8 Å². The summed E-state index contributed by atoms with van der Waals surface area (Å²) in [4.78, 5) is 12.5. The second-order valence-corrected chi connectivity index (χ2v) is 8.50. The van der Waals surface area contributed by atoms with Gasteiger partial charge >= 0.3 is 0 Å². The number of benzene rings is 2. The van der Waals surface area contributed by atoms with Crippen molar-refractivity contribution >= 4 is 21.6 Å². The van der Waals surface area contributed by atoms with Gasteiger partial charge in [-0.05, 0) is 43.5 Å². The molecule has 0 unspecified atom stereocenters. The van der Waals surface area contributed by atoms with Gasteiger partial charge in [0.2, 0.25) is 10.0 Å². The Balaban J connectivity index is 1.68. The summed E-state index contributed by atoms with van der Waals surface area (Å²) in [6.07, 6.45) is 1.73. The van der Waals surface area contributed by atoms with Crippen LogP contribution in [-0.4, -0.2) is 31.7 Å². The van der Waals surface area contributed by atoms with Gasteiger partial charge in [-0.1, -0.05) is 42.5 Å². The van der Waals surface area contributed by atoms with Crippen LogP contribution in [0.15, 0.2) is 60.0 Å². The van der Waals surface area contributed by atoms with Crippen LogP contribution in [0.3, 0.4) is 0 Å². The van der Waals surface area contributed by atoms with Gasteiger partial charge in [-0.15, -0.1) is 0 Å². The average Bonchev–Trinajstić information content (AvgIpc) is 3.22. The molecule has 1 saturated heterocycles. The van der Waals surface area contributed by atoms with Gasteiger partial charge in [-0.2, -0.15) is 4.31 Å². The fraction of sp³-hybridized carbons (Fsp3) is 0.250. The zero-order chi connectivity index (χ0) is 19.4. The second-order valence-electron chi connectivity index (χ2n) is 6.56. The summed E-state index contributed by atoms with van der Waals surface area (Å²) in [6, 6.07) is 13.8. The lowest BCUT2D eigenvalue weighted by molar-refractivity contribution is 0.0942. The van der Waals surface area contributed by atoms with Gasteiger partial charge in [-0.25, -0.2) is 8.42 Å². The molecule has 0 saturated carbocycles. The first-order valence-electron chi connectivity index (χ1n) is 8.80. The Hall–Kier alpha value is -2.64. The maximum absolute atomic E-state index is 12.7. The number of rotatable bonds is 6. The summed E-state index contributed by atoms with van der Waals surface area (Å²) in [6.45, 7) is 6.94. The molecule has 0 spiro atoms. The van der Waals surface area contributed by atoms with Crippen LogP contribution in [-0.2, 0) is 10.0 Å². The highest BCUT2D eigenvalue weighted by molar-refractivity contribution is 7.89. The van der Waals surface area contributed by atoms with Gasteiger partial charge in [0.15, 0.2) is 0 Å². The molecule has 3 rings (SSSR count). The Morgan fingerprint density at radius 1 is 1.00 bits per heavy atom. The van der Waals surface area contributed by atoms with Crippen molar-refractivity contribution in [3.8, 4) is 0 Å². The van der Waals surface area contributed by atoms with Crippen LogP contribution in [0.5, 0.6) is 0 Å². The number of carbonyl (C=O) groups is 1. The highest BCUT2D eigenvalue weighted by Crippen LogP contribution is 2.21. The number of hydrogen-bond donors (Lipinski definition) is 2. The van der Waals surface area contributed by atoms with Gasteiger partial charge in [0.25, 0.3) is 5.91 Å². The number of hydrazine groups is 1. The summed E-state index contributed by atoms with van der Waals surface area (Å²) in [5.41, 5.74) is 8.13. The van der Waals surface area contributed by atoms with E-state index in [2.05, 4.69) is 17.4 Å². The molecule has 0 bridgehead atoms. The standard InChI is InChI=1S/C20H23N3O3S/c1-15-8-10-17(11-9-15)16(2)21-22-20(24)18-6-5-7-19(14-18)27(25,26)23-12-3-4-13-23/h5-11,14,21H,2-4,12-13H2,1H3,(H,22,24). The Kier molecular flexibility index (Phi) is 5.62. The molecule has 1 aliphatic rings. The largest absolute Gasteiger partial charge is 0.298 e. The van der Waals surface area contributed by atoms with E-state index in [-0.39, 0.29) is 10.5 Å². The molecular weight excluding hydrogens is 362 g/mol. The van der Waals surface area contributed by atoms with Crippen LogP contribution >= 0.6 is 0 Å². The predicted molar refractivity (Wildman–Crippen MR) is 105 cm³/mol. The molecule has 6 nitrogen and oxygen atoms in total. The molecule has 0 aliphatic carbocycles. The molecule has 0 radical (unpaired) electrons. The van der Waals surface area contributed by atoms with E-state index < -0.39 is 15.9 Å². The lowest BCUT2D eigenvalue weighted by Crippen LogP contribution is -2.36. The minimum Gasteiger partial charge on any atom is -0.298 e. The van der Waals surface area contributed by atoms with E-state index >= 15 is 0 Å². The number of nitrogens with one attached hydrogen (secondary N) is 2. The van der Waals surface area contributed by atoms with E-state index in [9.17, 15) is 13.2 Å². The van der Waals surface area contributed by atoms with Crippen molar-refractivity contribution in [3.63, 3.8) is 0 Å². The van der Waals surface area contributed by atoms with Gasteiger partial charge in [0.05, 0.1) is 10.6 Å². The molecule has 142 valence electrons. The van der Waals surface area contributed by atoms with Crippen molar-refractivity contribution in [1.82, 2.24) is 15.2 Å². The summed E-state index contributed by atoms with van der Waals surface area (Å²) < 4.78 is 26.8. The first-order chi connectivity index (χ1) is 12.9. The van der Waals surface area contributed by atoms with Crippen LogP contribution < -0.4 is 10.9 Å². The van der Waals surface area contributed by atoms with Gasteiger partial charge in [-0.3, -0.25) is 15.6 Å². The van der Waals surface area contributed by atoms with Crippen molar-refractivity contribution < 1.29 is 13.2 Å². The van der Waals surface area contributed by atoms with Gasteiger partial charge < -0.3 is 0 Å². The third-order valence-corrected chi connectivity index (χ3v) is 6.42. The first kappa shape index (κ1) is 19.1. The fourth-order valence-electron chi connectivity index (χ4n) is 2.91. The van der Waals surface area contributed by atoms with Crippen LogP contribution in [0, 0.1) is 6.92 Å². The zero-order valence-electron chi connectivity index (χ0n) is 15.2. The second kappa shape index (κ2) is 7.94. The van der Waals surface area contributed by atoms with E-state index in [1.165, 1.54) is 16.4 Å². The van der Waals surface area contributed by atoms with Crippen LogP contribution in [0.25, 0.3) is 5.70 Å². The molecule has 2 aromatic rings. The molecule has 2 N–H and O–H groups in total. The van der Waals surface area contributed by atoms with Crippen molar-refractivity contribution in [2.24, 2.45) is 0 Å². The van der Waals surface area contributed by atoms with Crippen LogP contribution in [0.1, 0.15) is 34.3 Å². The minimum atomic E-state index is -3.56. The number of aryl methyl sites for hydroxylation is 1. The third kappa shape index (κ3) is 4.37. The zero-order valence-corrected chi connectivity index (χ0v) is 16.1. The van der Waals surface area contributed by atoms with Crippen molar-refractivity contribution in [1.29, 1.82) is 0 Å². The highest BCUT2D eigenvalue weighted by Gasteiger charge is 2.27. The smallest absolute Gasteiger partial charge is 0.269 e. The lowest BCUT2D eigenvalue weighted by Gasteiger charge is -2.16. The Labute approximate surface area is 159 Å². The third-order valence-electron chi connectivity index (χ3n) is 4.53. The van der Waals surface area contributed by atoms with Gasteiger partial charge in [0.1, 0.15) is 0 Å². The molecule has 27 heavy (non-hydrogen) atoms. The molecular formula is C20H23N3O3S. The van der Waals surface area contributed by atoms with E-state index in [4.69, 9.17) is 0 Å². The van der Waals surface area contributed by atoms with Crippen molar-refractivity contribution in [2.75, 3.05) is 13.1 Å². The summed E-state index contributed by atoms with van der Waals surface area (Å²) in [5, 5.41) is 0. The summed E-state index contributed by atoms with van der Waals surface area (Å²) in [5.74, 6) is -0.429. The molecule has 1 aliphatic heterocycles. The normalized spacial score (nSPS) is 14.7. The van der Waals surface area contributed by atoms with E-state index in [1.807, 2.05) is 31.2 Å².